The summed E-state index contributed by atoms with van der Waals surface area (Å²) in [5.74, 6) is -4.15. The Hall–Kier alpha value is -0.850. The van der Waals surface area contributed by atoms with E-state index in [1.54, 1.807) is 24.3 Å². The van der Waals surface area contributed by atoms with Gasteiger partial charge >= 0.3 is 12.3 Å². The van der Waals surface area contributed by atoms with E-state index in [1.165, 1.54) is 0 Å². The van der Waals surface area contributed by atoms with E-state index >= 15 is 0 Å². The van der Waals surface area contributed by atoms with Gasteiger partial charge in [-0.1, -0.05) is 23.7 Å². The van der Waals surface area contributed by atoms with Crippen LogP contribution in [-0.4, -0.2) is 25.6 Å². The Bertz CT molecular complexity index is 372. The van der Waals surface area contributed by atoms with Crippen molar-refractivity contribution in [1.82, 2.24) is 0 Å². The van der Waals surface area contributed by atoms with Crippen LogP contribution in [0.3, 0.4) is 0 Å². The van der Waals surface area contributed by atoms with Crippen molar-refractivity contribution < 1.29 is 22.3 Å². The van der Waals surface area contributed by atoms with Crippen molar-refractivity contribution in [2.45, 2.75) is 18.4 Å². The van der Waals surface area contributed by atoms with Gasteiger partial charge in [0.2, 0.25) is 0 Å². The summed E-state index contributed by atoms with van der Waals surface area (Å²) < 4.78 is 53.2. The number of rotatable bonds is 6. The summed E-state index contributed by atoms with van der Waals surface area (Å²) in [5.41, 5.74) is 6.27. The smallest absolute Gasteiger partial charge is 0.330 e. The van der Waals surface area contributed by atoms with E-state index in [-0.39, 0.29) is 6.61 Å². The molecular weight excluding hydrogens is 274 g/mol. The van der Waals surface area contributed by atoms with Crippen molar-refractivity contribution in [2.75, 3.05) is 13.2 Å². The molecule has 0 bridgehead atoms. The Labute approximate surface area is 107 Å². The van der Waals surface area contributed by atoms with Crippen molar-refractivity contribution in [3.63, 3.8) is 0 Å². The van der Waals surface area contributed by atoms with E-state index in [0.29, 0.717) is 10.6 Å². The third-order valence-corrected chi connectivity index (χ3v) is 2.46. The lowest BCUT2D eigenvalue weighted by Gasteiger charge is -2.17. The van der Waals surface area contributed by atoms with Gasteiger partial charge in [-0.25, -0.2) is 8.78 Å². The Morgan fingerprint density at radius 2 is 1.78 bits per heavy atom. The maximum Gasteiger partial charge on any atom is 0.330 e. The Morgan fingerprint density at radius 1 is 1.22 bits per heavy atom. The number of halogens is 5. The number of hydrogen-bond donors (Lipinski definition) is 1. The second-order valence-corrected chi connectivity index (χ2v) is 4.17. The van der Waals surface area contributed by atoms with E-state index in [2.05, 4.69) is 4.74 Å². The van der Waals surface area contributed by atoms with Gasteiger partial charge in [-0.05, 0) is 17.7 Å². The van der Waals surface area contributed by atoms with Gasteiger partial charge in [0, 0.05) is 5.02 Å². The second-order valence-electron chi connectivity index (χ2n) is 3.73. The fourth-order valence-electron chi connectivity index (χ4n) is 1.19. The molecule has 0 amide bonds. The first kappa shape index (κ1) is 15.2. The minimum absolute atomic E-state index is 0.274. The van der Waals surface area contributed by atoms with Crippen molar-refractivity contribution in [2.24, 2.45) is 5.73 Å². The number of alkyl halides is 4. The fraction of sp³-hybridized carbons (Fsp3) is 0.455. The third-order valence-electron chi connectivity index (χ3n) is 2.21. The molecule has 0 saturated carbocycles. The molecule has 0 aliphatic rings. The summed E-state index contributed by atoms with van der Waals surface area (Å²) in [4.78, 5) is 0. The first-order chi connectivity index (χ1) is 8.33. The van der Waals surface area contributed by atoms with Gasteiger partial charge in [0.25, 0.3) is 0 Å². The molecule has 0 heterocycles. The highest BCUT2D eigenvalue weighted by Crippen LogP contribution is 2.23. The molecule has 102 valence electrons. The highest BCUT2D eigenvalue weighted by Gasteiger charge is 2.41. The van der Waals surface area contributed by atoms with E-state index in [9.17, 15) is 17.6 Å². The standard InChI is InChI=1S/C11H12ClF4NO/c12-8-3-1-7(2-4-8)9(17)5-18-6-11(15,16)10(13)14/h1-4,9-10H,5-6,17H2. The fourth-order valence-corrected chi connectivity index (χ4v) is 1.32. The van der Waals surface area contributed by atoms with E-state index in [4.69, 9.17) is 17.3 Å². The van der Waals surface area contributed by atoms with Gasteiger partial charge in [0.15, 0.2) is 0 Å². The summed E-state index contributed by atoms with van der Waals surface area (Å²) in [6.07, 6.45) is -3.75. The monoisotopic (exact) mass is 285 g/mol. The maximum absolute atomic E-state index is 12.5. The SMILES string of the molecule is NC(COCC(F)(F)C(F)F)c1ccc(Cl)cc1. The molecule has 2 nitrogen and oxygen atoms in total. The summed E-state index contributed by atoms with van der Waals surface area (Å²) in [5, 5.41) is 0.510. The van der Waals surface area contributed by atoms with Crippen molar-refractivity contribution in [3.05, 3.63) is 34.9 Å². The van der Waals surface area contributed by atoms with Gasteiger partial charge in [0.1, 0.15) is 6.61 Å². The highest BCUT2D eigenvalue weighted by atomic mass is 35.5. The topological polar surface area (TPSA) is 35.2 Å². The molecule has 0 aliphatic heterocycles. The van der Waals surface area contributed by atoms with Crippen LogP contribution in [0.15, 0.2) is 24.3 Å². The average Bonchev–Trinajstić information content (AvgIpc) is 2.29. The van der Waals surface area contributed by atoms with E-state index < -0.39 is 25.0 Å². The Kier molecular flexibility index (Phi) is 5.37. The quantitative estimate of drug-likeness (QED) is 0.814. The molecule has 0 fully saturated rings. The molecule has 0 radical (unpaired) electrons. The molecule has 2 N–H and O–H groups in total. The van der Waals surface area contributed by atoms with Crippen molar-refractivity contribution >= 4 is 11.6 Å². The van der Waals surface area contributed by atoms with Crippen molar-refractivity contribution in [3.8, 4) is 0 Å². The van der Waals surface area contributed by atoms with Gasteiger partial charge in [-0.3, -0.25) is 0 Å². The van der Waals surface area contributed by atoms with Crippen LogP contribution < -0.4 is 5.73 Å². The number of benzene rings is 1. The predicted octanol–water partition coefficient (Wildman–Crippen LogP) is 3.26. The number of hydrogen-bond acceptors (Lipinski definition) is 2. The number of nitrogens with two attached hydrogens (primary N) is 1. The molecule has 7 heteroatoms. The van der Waals surface area contributed by atoms with Crippen LogP contribution in [0.4, 0.5) is 17.6 Å². The molecule has 1 rings (SSSR count). The van der Waals surface area contributed by atoms with E-state index in [0.717, 1.165) is 0 Å². The molecule has 1 atom stereocenters. The summed E-state index contributed by atoms with van der Waals surface area (Å²) in [7, 11) is 0. The van der Waals surface area contributed by atoms with Crippen LogP contribution in [0, 0.1) is 0 Å². The van der Waals surface area contributed by atoms with Crippen LogP contribution in [0.25, 0.3) is 0 Å². The second kappa shape index (κ2) is 6.36. The molecule has 0 spiro atoms. The lowest BCUT2D eigenvalue weighted by atomic mass is 10.1. The van der Waals surface area contributed by atoms with Crippen LogP contribution in [0.2, 0.25) is 5.02 Å². The summed E-state index contributed by atoms with van der Waals surface area (Å²) >= 11 is 5.66. The molecule has 0 aromatic heterocycles. The summed E-state index contributed by atoms with van der Waals surface area (Å²) in [6.45, 7) is -1.63. The van der Waals surface area contributed by atoms with Gasteiger partial charge in [-0.2, -0.15) is 8.78 Å². The molecule has 1 aromatic rings. The molecule has 18 heavy (non-hydrogen) atoms. The number of ether oxygens (including phenoxy) is 1. The normalized spacial score (nSPS) is 13.9. The van der Waals surface area contributed by atoms with Gasteiger partial charge < -0.3 is 10.5 Å². The van der Waals surface area contributed by atoms with E-state index in [1.807, 2.05) is 0 Å². The molecule has 0 saturated heterocycles. The van der Waals surface area contributed by atoms with Crippen LogP contribution in [0.1, 0.15) is 11.6 Å². The Morgan fingerprint density at radius 3 is 2.28 bits per heavy atom. The van der Waals surface area contributed by atoms with Crippen LogP contribution >= 0.6 is 11.6 Å². The Balaban J connectivity index is 2.42. The first-order valence-corrected chi connectivity index (χ1v) is 5.45. The summed E-state index contributed by atoms with van der Waals surface area (Å²) in [6, 6.07) is 5.73. The molecule has 1 aromatic carbocycles. The largest absolute Gasteiger partial charge is 0.373 e. The highest BCUT2D eigenvalue weighted by molar-refractivity contribution is 6.30. The average molecular weight is 286 g/mol. The zero-order valence-electron chi connectivity index (χ0n) is 9.25. The van der Waals surface area contributed by atoms with Crippen LogP contribution in [-0.2, 0) is 4.74 Å². The van der Waals surface area contributed by atoms with Crippen molar-refractivity contribution in [1.29, 1.82) is 0 Å². The van der Waals surface area contributed by atoms with Gasteiger partial charge in [-0.15, -0.1) is 0 Å². The third kappa shape index (κ3) is 4.44. The lowest BCUT2D eigenvalue weighted by Crippen LogP contribution is -2.33. The predicted molar refractivity (Wildman–Crippen MR) is 60.2 cm³/mol. The maximum atomic E-state index is 12.5. The first-order valence-electron chi connectivity index (χ1n) is 5.07. The lowest BCUT2D eigenvalue weighted by molar-refractivity contribution is -0.166. The molecular formula is C11H12ClF4NO. The minimum atomic E-state index is -4.15. The van der Waals surface area contributed by atoms with Crippen LogP contribution in [0.5, 0.6) is 0 Å². The zero-order valence-corrected chi connectivity index (χ0v) is 10.0. The molecule has 1 unspecified atom stereocenters. The molecule has 0 aliphatic carbocycles. The van der Waals surface area contributed by atoms with Gasteiger partial charge in [0.05, 0.1) is 12.6 Å². The minimum Gasteiger partial charge on any atom is -0.373 e. The zero-order chi connectivity index (χ0) is 13.8.